The quantitative estimate of drug-likeness (QED) is 0.548. The molecule has 5 aliphatic rings. The van der Waals surface area contributed by atoms with Gasteiger partial charge in [-0.05, 0) is 65.2 Å². The fourth-order valence-corrected chi connectivity index (χ4v) is 7.56. The Bertz CT molecular complexity index is 973. The molecule has 1 aromatic heterocycles. The number of hydrogen-bond donors (Lipinski definition) is 0. The first-order valence-corrected chi connectivity index (χ1v) is 14.7. The van der Waals surface area contributed by atoms with Crippen molar-refractivity contribution in [1.82, 2.24) is 24.8 Å². The molecule has 2 aliphatic carbocycles. The number of hydrogen-bond acceptors (Lipinski definition) is 6. The van der Waals surface area contributed by atoms with Gasteiger partial charge >= 0.3 is 0 Å². The van der Waals surface area contributed by atoms with Gasteiger partial charge in [0.15, 0.2) is 5.82 Å². The molecule has 0 spiro atoms. The molecule has 3 saturated heterocycles. The Hall–Kier alpha value is -1.61. The number of aromatic nitrogens is 2. The number of carbonyl (C=O) groups excluding carboxylic acids is 1. The first-order chi connectivity index (χ1) is 17.6. The molecule has 4 heterocycles. The third-order valence-electron chi connectivity index (χ3n) is 10.2. The molecule has 0 aromatic carbocycles. The summed E-state index contributed by atoms with van der Waals surface area (Å²) in [6.45, 7) is 9.61. The Morgan fingerprint density at radius 1 is 1.05 bits per heavy atom. The molecular formula is C28H43F2N5O2. The maximum Gasteiger partial charge on any atom is 0.252 e. The lowest BCUT2D eigenvalue weighted by molar-refractivity contribution is -0.155. The lowest BCUT2D eigenvalue weighted by atomic mass is 9.76. The van der Waals surface area contributed by atoms with Crippen LogP contribution in [-0.4, -0.2) is 87.0 Å². The van der Waals surface area contributed by atoms with Gasteiger partial charge in [-0.15, -0.1) is 0 Å². The smallest absolute Gasteiger partial charge is 0.252 e. The third-order valence-corrected chi connectivity index (χ3v) is 10.2. The van der Waals surface area contributed by atoms with Crippen molar-refractivity contribution in [2.75, 3.05) is 26.2 Å². The SMILES string of the molecule is CC(C)N1CC2CCC(C1)N2[C@H]1CCCC(F)(F)[C@@H]1CC(=O)N1CCC(C)(c2noc(C3CC3)n2)CC1. The molecule has 7 nitrogen and oxygen atoms in total. The summed E-state index contributed by atoms with van der Waals surface area (Å²) in [7, 11) is 0. The van der Waals surface area contributed by atoms with E-state index in [-0.39, 0.29) is 30.2 Å². The topological polar surface area (TPSA) is 65.7 Å². The molecule has 4 atom stereocenters. The molecule has 2 bridgehead atoms. The van der Waals surface area contributed by atoms with Crippen molar-refractivity contribution < 1.29 is 18.1 Å². The maximum atomic E-state index is 15.5. The van der Waals surface area contributed by atoms with E-state index in [1.807, 2.05) is 4.90 Å². The van der Waals surface area contributed by atoms with Crippen LogP contribution in [0.4, 0.5) is 8.78 Å². The van der Waals surface area contributed by atoms with E-state index < -0.39 is 11.8 Å². The van der Waals surface area contributed by atoms with E-state index in [2.05, 4.69) is 40.7 Å². The van der Waals surface area contributed by atoms with E-state index in [1.54, 1.807) is 0 Å². The van der Waals surface area contributed by atoms with E-state index in [1.165, 1.54) is 0 Å². The number of piperazine rings is 1. The minimum absolute atomic E-state index is 0.0494. The zero-order chi connectivity index (χ0) is 25.9. The van der Waals surface area contributed by atoms with Crippen molar-refractivity contribution in [2.45, 2.75) is 126 Å². The molecule has 3 aliphatic heterocycles. The lowest BCUT2D eigenvalue weighted by Gasteiger charge is -2.51. The zero-order valence-corrected chi connectivity index (χ0v) is 22.7. The van der Waals surface area contributed by atoms with E-state index in [4.69, 9.17) is 4.52 Å². The van der Waals surface area contributed by atoms with Gasteiger partial charge in [0.05, 0.1) is 0 Å². The zero-order valence-electron chi connectivity index (χ0n) is 22.7. The lowest BCUT2D eigenvalue weighted by Crippen LogP contribution is -2.62. The largest absolute Gasteiger partial charge is 0.343 e. The number of nitrogens with zero attached hydrogens (tertiary/aromatic N) is 5. The van der Waals surface area contributed by atoms with Crippen LogP contribution in [0.2, 0.25) is 0 Å². The number of rotatable bonds is 6. The van der Waals surface area contributed by atoms with Crippen LogP contribution in [0.25, 0.3) is 0 Å². The highest BCUT2D eigenvalue weighted by atomic mass is 19.3. The monoisotopic (exact) mass is 519 g/mol. The summed E-state index contributed by atoms with van der Waals surface area (Å²) in [4.78, 5) is 24.9. The predicted octanol–water partition coefficient (Wildman–Crippen LogP) is 4.58. The highest BCUT2D eigenvalue weighted by Gasteiger charge is 2.54. The van der Waals surface area contributed by atoms with Crippen molar-refractivity contribution in [1.29, 1.82) is 0 Å². The molecule has 1 aromatic rings. The van der Waals surface area contributed by atoms with Crippen molar-refractivity contribution >= 4 is 5.91 Å². The Labute approximate surface area is 219 Å². The molecule has 2 saturated carbocycles. The minimum Gasteiger partial charge on any atom is -0.343 e. The van der Waals surface area contributed by atoms with Crippen LogP contribution < -0.4 is 0 Å². The second-order valence-electron chi connectivity index (χ2n) is 13.1. The summed E-state index contributed by atoms with van der Waals surface area (Å²) in [6, 6.07) is 0.954. The number of alkyl halides is 2. The van der Waals surface area contributed by atoms with Crippen molar-refractivity contribution in [3.8, 4) is 0 Å². The normalized spacial score (nSPS) is 34.3. The average Bonchev–Trinajstić information content (AvgIpc) is 3.52. The molecule has 37 heavy (non-hydrogen) atoms. The summed E-state index contributed by atoms with van der Waals surface area (Å²) >= 11 is 0. The van der Waals surface area contributed by atoms with Gasteiger partial charge in [0, 0.05) is 80.4 Å². The van der Waals surface area contributed by atoms with E-state index in [9.17, 15) is 4.79 Å². The molecule has 206 valence electrons. The Morgan fingerprint density at radius 3 is 2.35 bits per heavy atom. The Balaban J connectivity index is 1.12. The summed E-state index contributed by atoms with van der Waals surface area (Å²) in [5.74, 6) is -1.91. The number of halogens is 2. The van der Waals surface area contributed by atoms with Crippen molar-refractivity contribution in [3.05, 3.63) is 11.7 Å². The van der Waals surface area contributed by atoms with Gasteiger partial charge in [0.25, 0.3) is 5.92 Å². The van der Waals surface area contributed by atoms with Gasteiger partial charge in [0.1, 0.15) is 0 Å². The van der Waals surface area contributed by atoms with Crippen LogP contribution in [0.5, 0.6) is 0 Å². The van der Waals surface area contributed by atoms with Crippen LogP contribution >= 0.6 is 0 Å². The van der Waals surface area contributed by atoms with Gasteiger partial charge in [-0.2, -0.15) is 4.98 Å². The fourth-order valence-electron chi connectivity index (χ4n) is 7.56. The number of amides is 1. The van der Waals surface area contributed by atoms with E-state index >= 15 is 8.78 Å². The summed E-state index contributed by atoms with van der Waals surface area (Å²) in [5.41, 5.74) is -0.236. The van der Waals surface area contributed by atoms with Crippen molar-refractivity contribution in [2.24, 2.45) is 5.92 Å². The number of fused-ring (bicyclic) bond motifs is 2. The second-order valence-corrected chi connectivity index (χ2v) is 13.1. The molecular weight excluding hydrogens is 476 g/mol. The fraction of sp³-hybridized carbons (Fsp3) is 0.893. The van der Waals surface area contributed by atoms with Crippen LogP contribution in [0.1, 0.15) is 103 Å². The number of piperidine rings is 1. The van der Waals surface area contributed by atoms with E-state index in [0.717, 1.165) is 69.8 Å². The molecule has 5 fully saturated rings. The Kier molecular flexibility index (Phi) is 6.62. The highest BCUT2D eigenvalue weighted by Crippen LogP contribution is 2.47. The van der Waals surface area contributed by atoms with Gasteiger partial charge in [-0.3, -0.25) is 14.6 Å². The molecule has 6 rings (SSSR count). The van der Waals surface area contributed by atoms with Gasteiger partial charge in [-0.25, -0.2) is 8.78 Å². The van der Waals surface area contributed by atoms with E-state index in [0.29, 0.717) is 43.6 Å². The average molecular weight is 520 g/mol. The highest BCUT2D eigenvalue weighted by molar-refractivity contribution is 5.77. The van der Waals surface area contributed by atoms with Crippen LogP contribution in [0.15, 0.2) is 4.52 Å². The maximum absolute atomic E-state index is 15.5. The molecule has 2 unspecified atom stereocenters. The third kappa shape index (κ3) is 4.83. The summed E-state index contributed by atoms with van der Waals surface area (Å²) in [6.07, 6.45) is 7.03. The second kappa shape index (κ2) is 9.54. The Morgan fingerprint density at radius 2 is 1.73 bits per heavy atom. The summed E-state index contributed by atoms with van der Waals surface area (Å²) in [5, 5.41) is 4.26. The first kappa shape index (κ1) is 25.7. The number of likely N-dealkylation sites (tertiary alicyclic amines) is 2. The van der Waals surface area contributed by atoms with Gasteiger partial charge in [0.2, 0.25) is 11.8 Å². The predicted molar refractivity (Wildman–Crippen MR) is 135 cm³/mol. The number of carbonyl (C=O) groups is 1. The molecule has 1 amide bonds. The van der Waals surface area contributed by atoms with Gasteiger partial charge in [-0.1, -0.05) is 12.1 Å². The first-order valence-electron chi connectivity index (χ1n) is 14.7. The van der Waals surface area contributed by atoms with Crippen molar-refractivity contribution in [3.63, 3.8) is 0 Å². The van der Waals surface area contributed by atoms with Crippen LogP contribution in [0, 0.1) is 5.92 Å². The standard InChI is InChI=1S/C28H43F2N5O2/c1-18(2)34-16-20-8-9-21(17-34)35(20)23-5-4-10-28(29,30)22(23)15-24(36)33-13-11-27(3,12-14-33)26-31-25(37-32-26)19-6-7-19/h18-23H,4-17H2,1-3H3/t20?,21?,22-,23+/m1/s1. The van der Waals surface area contributed by atoms with Gasteiger partial charge < -0.3 is 9.42 Å². The molecule has 0 N–H and O–H groups in total. The van der Waals surface area contributed by atoms with Crippen LogP contribution in [-0.2, 0) is 10.2 Å². The van der Waals surface area contributed by atoms with Crippen LogP contribution in [0.3, 0.4) is 0 Å². The summed E-state index contributed by atoms with van der Waals surface area (Å²) < 4.78 is 36.4. The molecule has 0 radical (unpaired) electrons. The minimum atomic E-state index is -2.79. The molecule has 9 heteroatoms.